The molecule has 2 N–H and O–H groups in total. The van der Waals surface area contributed by atoms with Crippen molar-refractivity contribution < 1.29 is 5.11 Å². The number of phenols is 1. The average Bonchev–Trinajstić information content (AvgIpc) is 2.06. The van der Waals surface area contributed by atoms with Crippen LogP contribution in [0.2, 0.25) is 0 Å². The summed E-state index contributed by atoms with van der Waals surface area (Å²) in [5, 5.41) is 12.3. The molecule has 2 nitrogen and oxygen atoms in total. The van der Waals surface area contributed by atoms with Crippen LogP contribution in [-0.2, 0) is 0 Å². The van der Waals surface area contributed by atoms with E-state index in [4.69, 9.17) is 5.11 Å². The quantitative estimate of drug-likeness (QED) is 0.718. The van der Waals surface area contributed by atoms with Crippen molar-refractivity contribution in [1.29, 1.82) is 0 Å². The molecule has 1 aromatic rings. The van der Waals surface area contributed by atoms with Crippen molar-refractivity contribution in [2.75, 3.05) is 6.54 Å². The van der Waals surface area contributed by atoms with Gasteiger partial charge in [0.1, 0.15) is 5.75 Å². The predicted octanol–water partition coefficient (Wildman–Crippen LogP) is 2.06. The van der Waals surface area contributed by atoms with Crippen molar-refractivity contribution in [3.05, 3.63) is 29.8 Å². The summed E-state index contributed by atoms with van der Waals surface area (Å²) < 4.78 is 0. The van der Waals surface area contributed by atoms with Crippen LogP contribution in [-0.4, -0.2) is 11.7 Å². The van der Waals surface area contributed by atoms with Crippen LogP contribution in [0, 0.1) is 0 Å². The van der Waals surface area contributed by atoms with Gasteiger partial charge in [-0.3, -0.25) is 0 Å². The van der Waals surface area contributed by atoms with Crippen LogP contribution in [0.1, 0.15) is 25.5 Å². The number of hydrogen-bond donors (Lipinski definition) is 2. The number of benzene rings is 1. The Morgan fingerprint density at radius 3 is 2.42 bits per heavy atom. The minimum Gasteiger partial charge on any atom is -0.508 e. The van der Waals surface area contributed by atoms with Gasteiger partial charge in [0.05, 0.1) is 0 Å². The van der Waals surface area contributed by atoms with E-state index in [-0.39, 0.29) is 0 Å². The van der Waals surface area contributed by atoms with Gasteiger partial charge >= 0.3 is 0 Å². The molecular weight excluding hydrogens is 150 g/mol. The molecule has 1 atom stereocenters. The molecule has 0 heterocycles. The van der Waals surface area contributed by atoms with E-state index in [1.54, 1.807) is 12.1 Å². The van der Waals surface area contributed by atoms with Gasteiger partial charge in [-0.25, -0.2) is 0 Å². The van der Waals surface area contributed by atoms with Gasteiger partial charge in [-0.2, -0.15) is 0 Å². The number of rotatable bonds is 3. The highest BCUT2D eigenvalue weighted by atomic mass is 16.3. The molecule has 0 spiro atoms. The van der Waals surface area contributed by atoms with E-state index in [9.17, 15) is 0 Å². The van der Waals surface area contributed by atoms with Crippen LogP contribution in [0.25, 0.3) is 0 Å². The molecule has 1 unspecified atom stereocenters. The van der Waals surface area contributed by atoms with E-state index >= 15 is 0 Å². The van der Waals surface area contributed by atoms with Crippen molar-refractivity contribution in [2.24, 2.45) is 0 Å². The maximum atomic E-state index is 9.05. The van der Waals surface area contributed by atoms with Crippen molar-refractivity contribution >= 4 is 0 Å². The topological polar surface area (TPSA) is 32.3 Å². The Labute approximate surface area is 73.2 Å². The Kier molecular flexibility index (Phi) is 3.11. The second kappa shape index (κ2) is 4.12. The summed E-state index contributed by atoms with van der Waals surface area (Å²) in [6, 6.07) is 7.65. The Morgan fingerprint density at radius 1 is 1.33 bits per heavy atom. The fourth-order valence-corrected chi connectivity index (χ4v) is 1.19. The number of hydrogen-bond acceptors (Lipinski definition) is 2. The Balaban J connectivity index is 2.68. The smallest absolute Gasteiger partial charge is 0.115 e. The molecular formula is C10H15NO. The monoisotopic (exact) mass is 165 g/mol. The third-order valence-electron chi connectivity index (χ3n) is 1.90. The first kappa shape index (κ1) is 9.07. The van der Waals surface area contributed by atoms with Gasteiger partial charge in [-0.1, -0.05) is 19.1 Å². The third kappa shape index (κ3) is 2.24. The van der Waals surface area contributed by atoms with E-state index < -0.39 is 0 Å². The highest BCUT2D eigenvalue weighted by Crippen LogP contribution is 2.15. The molecule has 0 fully saturated rings. The highest BCUT2D eigenvalue weighted by molar-refractivity contribution is 5.27. The number of phenolic OH excluding ortho intramolecular Hbond substituents is 1. The fourth-order valence-electron chi connectivity index (χ4n) is 1.19. The van der Waals surface area contributed by atoms with E-state index in [2.05, 4.69) is 19.2 Å². The average molecular weight is 165 g/mol. The number of aromatic hydroxyl groups is 1. The van der Waals surface area contributed by atoms with Crippen LogP contribution >= 0.6 is 0 Å². The third-order valence-corrected chi connectivity index (χ3v) is 1.90. The molecule has 0 radical (unpaired) electrons. The van der Waals surface area contributed by atoms with Gasteiger partial charge in [-0.15, -0.1) is 0 Å². The summed E-state index contributed by atoms with van der Waals surface area (Å²) in [6.07, 6.45) is 0. The molecule has 0 aliphatic rings. The van der Waals surface area contributed by atoms with Crippen molar-refractivity contribution in [3.8, 4) is 5.75 Å². The van der Waals surface area contributed by atoms with E-state index in [0.29, 0.717) is 11.8 Å². The van der Waals surface area contributed by atoms with E-state index in [1.165, 1.54) is 5.56 Å². The minimum absolute atomic E-state index is 0.322. The van der Waals surface area contributed by atoms with E-state index in [0.717, 1.165) is 6.54 Å². The van der Waals surface area contributed by atoms with Crippen molar-refractivity contribution in [2.45, 2.75) is 19.9 Å². The second-order valence-corrected chi connectivity index (χ2v) is 2.87. The normalized spacial score (nSPS) is 12.8. The molecule has 0 bridgehead atoms. The molecule has 0 aliphatic heterocycles. The van der Waals surface area contributed by atoms with E-state index in [1.807, 2.05) is 12.1 Å². The largest absolute Gasteiger partial charge is 0.508 e. The van der Waals surface area contributed by atoms with Crippen LogP contribution in [0.4, 0.5) is 0 Å². The Morgan fingerprint density at radius 2 is 1.92 bits per heavy atom. The standard InChI is InChI=1S/C10H15NO/c1-3-11-8(2)9-4-6-10(12)7-5-9/h4-8,11-12H,3H2,1-2H3. The predicted molar refractivity (Wildman–Crippen MR) is 50.2 cm³/mol. The SMILES string of the molecule is CCNC(C)c1ccc(O)cc1. The summed E-state index contributed by atoms with van der Waals surface area (Å²) in [5.74, 6) is 0.322. The summed E-state index contributed by atoms with van der Waals surface area (Å²) in [6.45, 7) is 5.15. The Bertz CT molecular complexity index is 230. The molecule has 66 valence electrons. The zero-order chi connectivity index (χ0) is 8.97. The molecule has 0 aliphatic carbocycles. The van der Waals surface area contributed by atoms with Gasteiger partial charge in [0.15, 0.2) is 0 Å². The maximum Gasteiger partial charge on any atom is 0.115 e. The molecule has 1 rings (SSSR count). The van der Waals surface area contributed by atoms with Crippen LogP contribution in [0.15, 0.2) is 24.3 Å². The summed E-state index contributed by atoms with van der Waals surface area (Å²) in [4.78, 5) is 0. The number of nitrogens with one attached hydrogen (secondary N) is 1. The summed E-state index contributed by atoms with van der Waals surface area (Å²) >= 11 is 0. The lowest BCUT2D eigenvalue weighted by molar-refractivity contribution is 0.474. The van der Waals surface area contributed by atoms with Crippen LogP contribution in [0.3, 0.4) is 0 Å². The maximum absolute atomic E-state index is 9.05. The van der Waals surface area contributed by atoms with Crippen molar-refractivity contribution in [1.82, 2.24) is 5.32 Å². The lowest BCUT2D eigenvalue weighted by Crippen LogP contribution is -2.17. The molecule has 0 saturated carbocycles. The van der Waals surface area contributed by atoms with Crippen molar-refractivity contribution in [3.63, 3.8) is 0 Å². The molecule has 0 saturated heterocycles. The van der Waals surface area contributed by atoms with Crippen LogP contribution in [0.5, 0.6) is 5.75 Å². The Hall–Kier alpha value is -1.02. The molecule has 1 aromatic carbocycles. The molecule has 12 heavy (non-hydrogen) atoms. The first-order valence-corrected chi connectivity index (χ1v) is 4.26. The fraction of sp³-hybridized carbons (Fsp3) is 0.400. The zero-order valence-electron chi connectivity index (χ0n) is 7.54. The molecule has 2 heteroatoms. The van der Waals surface area contributed by atoms with Gasteiger partial charge in [-0.05, 0) is 31.2 Å². The first-order valence-electron chi connectivity index (χ1n) is 4.26. The molecule has 0 aromatic heterocycles. The van der Waals surface area contributed by atoms with Gasteiger partial charge in [0.25, 0.3) is 0 Å². The molecule has 0 amide bonds. The minimum atomic E-state index is 0.322. The zero-order valence-corrected chi connectivity index (χ0v) is 7.54. The first-order chi connectivity index (χ1) is 5.74. The van der Waals surface area contributed by atoms with Gasteiger partial charge < -0.3 is 10.4 Å². The van der Waals surface area contributed by atoms with Gasteiger partial charge in [0, 0.05) is 6.04 Å². The summed E-state index contributed by atoms with van der Waals surface area (Å²) in [7, 11) is 0. The lowest BCUT2D eigenvalue weighted by atomic mass is 10.1. The van der Waals surface area contributed by atoms with Crippen LogP contribution < -0.4 is 5.32 Å². The highest BCUT2D eigenvalue weighted by Gasteiger charge is 2.01. The lowest BCUT2D eigenvalue weighted by Gasteiger charge is -2.11. The van der Waals surface area contributed by atoms with Gasteiger partial charge in [0.2, 0.25) is 0 Å². The second-order valence-electron chi connectivity index (χ2n) is 2.87. The summed E-state index contributed by atoms with van der Waals surface area (Å²) in [5.41, 5.74) is 1.20.